The molecule has 0 saturated carbocycles. The van der Waals surface area contributed by atoms with Crippen molar-refractivity contribution in [2.45, 2.75) is 51.0 Å². The minimum Gasteiger partial charge on any atom is -0.480 e. The molecule has 0 radical (unpaired) electrons. The molecule has 2 rings (SSSR count). The average Bonchev–Trinajstić information content (AvgIpc) is 2.88. The zero-order chi connectivity index (χ0) is 14.4. The van der Waals surface area contributed by atoms with E-state index in [1.54, 1.807) is 4.90 Å². The Hall–Kier alpha value is -1.36. The summed E-state index contributed by atoms with van der Waals surface area (Å²) in [5.74, 6) is -0.878. The van der Waals surface area contributed by atoms with Crippen LogP contribution in [0.15, 0.2) is 11.6 Å². The Morgan fingerprint density at radius 2 is 2.20 bits per heavy atom. The molecule has 0 aromatic heterocycles. The largest absolute Gasteiger partial charge is 0.480 e. The minimum atomic E-state index is -0.817. The first-order chi connectivity index (χ1) is 9.66. The van der Waals surface area contributed by atoms with Crippen molar-refractivity contribution in [2.24, 2.45) is 0 Å². The van der Waals surface area contributed by atoms with E-state index >= 15 is 0 Å². The third-order valence-corrected chi connectivity index (χ3v) is 4.15. The number of amides is 1. The van der Waals surface area contributed by atoms with Crippen LogP contribution in [-0.2, 0) is 9.59 Å². The van der Waals surface area contributed by atoms with Crippen molar-refractivity contribution >= 4 is 11.9 Å². The molecule has 5 heteroatoms. The molecule has 1 saturated heterocycles. The second-order valence-corrected chi connectivity index (χ2v) is 5.67. The Kier molecular flexibility index (Phi) is 5.59. The van der Waals surface area contributed by atoms with Crippen LogP contribution in [0.1, 0.15) is 44.9 Å². The summed E-state index contributed by atoms with van der Waals surface area (Å²) in [6, 6.07) is -0.484. The smallest absolute Gasteiger partial charge is 0.320 e. The first-order valence-corrected chi connectivity index (χ1v) is 7.58. The number of likely N-dealkylation sites (tertiary alicyclic amines) is 1. The van der Waals surface area contributed by atoms with Crippen molar-refractivity contribution in [1.29, 1.82) is 0 Å². The van der Waals surface area contributed by atoms with E-state index in [0.717, 1.165) is 25.7 Å². The second kappa shape index (κ2) is 7.43. The summed E-state index contributed by atoms with van der Waals surface area (Å²) >= 11 is 0. The third-order valence-electron chi connectivity index (χ3n) is 4.15. The van der Waals surface area contributed by atoms with Crippen LogP contribution in [0.2, 0.25) is 0 Å². The van der Waals surface area contributed by atoms with E-state index in [2.05, 4.69) is 11.4 Å². The predicted octanol–water partition coefficient (Wildman–Crippen LogP) is 1.54. The van der Waals surface area contributed by atoms with Gasteiger partial charge in [0.25, 0.3) is 0 Å². The Bertz CT molecular complexity index is 393. The highest BCUT2D eigenvalue weighted by molar-refractivity contribution is 5.80. The Labute approximate surface area is 120 Å². The van der Waals surface area contributed by atoms with Crippen molar-refractivity contribution in [2.75, 3.05) is 19.6 Å². The van der Waals surface area contributed by atoms with Gasteiger partial charge in [0.15, 0.2) is 0 Å². The number of hydrogen-bond donors (Lipinski definition) is 2. The Morgan fingerprint density at radius 1 is 1.35 bits per heavy atom. The van der Waals surface area contributed by atoms with Gasteiger partial charge in [-0.25, -0.2) is 0 Å². The maximum atomic E-state index is 11.8. The highest BCUT2D eigenvalue weighted by Gasteiger charge is 2.31. The number of nitrogens with one attached hydrogen (secondary N) is 1. The predicted molar refractivity (Wildman–Crippen MR) is 76.4 cm³/mol. The summed E-state index contributed by atoms with van der Waals surface area (Å²) in [7, 11) is 0. The van der Waals surface area contributed by atoms with Crippen LogP contribution in [0.3, 0.4) is 0 Å². The number of hydrogen-bond acceptors (Lipinski definition) is 3. The van der Waals surface area contributed by atoms with E-state index < -0.39 is 12.0 Å². The number of allylic oxidation sites excluding steroid dienone is 1. The molecule has 112 valence electrons. The fourth-order valence-corrected chi connectivity index (χ4v) is 3.03. The van der Waals surface area contributed by atoms with Crippen LogP contribution in [0.25, 0.3) is 0 Å². The van der Waals surface area contributed by atoms with Gasteiger partial charge in [-0.3, -0.25) is 14.5 Å². The highest BCUT2D eigenvalue weighted by Crippen LogP contribution is 2.19. The fourth-order valence-electron chi connectivity index (χ4n) is 3.03. The highest BCUT2D eigenvalue weighted by atomic mass is 16.4. The molecule has 1 fully saturated rings. The van der Waals surface area contributed by atoms with Gasteiger partial charge in [0.05, 0.1) is 6.54 Å². The quantitative estimate of drug-likeness (QED) is 0.724. The van der Waals surface area contributed by atoms with Crippen molar-refractivity contribution in [3.63, 3.8) is 0 Å². The number of nitrogens with zero attached hydrogens (tertiary/aromatic N) is 1. The lowest BCUT2D eigenvalue weighted by molar-refractivity contribution is -0.142. The molecule has 1 atom stereocenters. The number of carbonyl (C=O) groups is 2. The standard InChI is InChI=1S/C15H24N2O3/c18-14(11-17-10-4-7-13(17)15(19)20)16-9-8-12-5-2-1-3-6-12/h5,13H,1-4,6-11H2,(H,16,18)(H,19,20). The summed E-state index contributed by atoms with van der Waals surface area (Å²) < 4.78 is 0. The Morgan fingerprint density at radius 3 is 2.90 bits per heavy atom. The second-order valence-electron chi connectivity index (χ2n) is 5.67. The van der Waals surface area contributed by atoms with E-state index in [9.17, 15) is 9.59 Å². The summed E-state index contributed by atoms with van der Waals surface area (Å²) in [4.78, 5) is 24.6. The van der Waals surface area contributed by atoms with Crippen molar-refractivity contribution in [1.82, 2.24) is 10.2 Å². The van der Waals surface area contributed by atoms with Gasteiger partial charge < -0.3 is 10.4 Å². The SMILES string of the molecule is O=C(CN1CCCC1C(=O)O)NCCC1=CCCCC1. The van der Waals surface area contributed by atoms with Crippen molar-refractivity contribution in [3.05, 3.63) is 11.6 Å². The van der Waals surface area contributed by atoms with Gasteiger partial charge in [-0.15, -0.1) is 0 Å². The topological polar surface area (TPSA) is 69.6 Å². The van der Waals surface area contributed by atoms with Gasteiger partial charge in [0.2, 0.25) is 5.91 Å². The van der Waals surface area contributed by atoms with Crippen LogP contribution in [0.4, 0.5) is 0 Å². The number of rotatable bonds is 6. The molecule has 5 nitrogen and oxygen atoms in total. The van der Waals surface area contributed by atoms with Crippen LogP contribution in [0, 0.1) is 0 Å². The molecule has 2 N–H and O–H groups in total. The lowest BCUT2D eigenvalue weighted by Crippen LogP contribution is -2.43. The molecule has 2 aliphatic rings. The fraction of sp³-hybridized carbons (Fsp3) is 0.733. The van der Waals surface area contributed by atoms with E-state index in [1.165, 1.54) is 18.4 Å². The van der Waals surface area contributed by atoms with Crippen molar-refractivity contribution < 1.29 is 14.7 Å². The molecule has 0 spiro atoms. The normalized spacial score (nSPS) is 23.4. The number of carboxylic acid groups (broad SMARTS) is 1. The zero-order valence-corrected chi connectivity index (χ0v) is 11.9. The number of aliphatic carboxylic acids is 1. The Balaban J connectivity index is 1.67. The van der Waals surface area contributed by atoms with E-state index in [0.29, 0.717) is 19.5 Å². The van der Waals surface area contributed by atoms with Crippen LogP contribution in [-0.4, -0.2) is 47.6 Å². The summed E-state index contributed by atoms with van der Waals surface area (Å²) in [5, 5.41) is 12.0. The van der Waals surface area contributed by atoms with Crippen LogP contribution < -0.4 is 5.32 Å². The molecule has 1 unspecified atom stereocenters. The van der Waals surface area contributed by atoms with Gasteiger partial charge in [-0.2, -0.15) is 0 Å². The van der Waals surface area contributed by atoms with E-state index in [-0.39, 0.29) is 12.5 Å². The molecule has 20 heavy (non-hydrogen) atoms. The third kappa shape index (κ3) is 4.34. The summed E-state index contributed by atoms with van der Waals surface area (Å²) in [6.07, 6.45) is 9.58. The average molecular weight is 280 g/mol. The first kappa shape index (κ1) is 15.0. The van der Waals surface area contributed by atoms with Gasteiger partial charge in [-0.1, -0.05) is 11.6 Å². The number of carbonyl (C=O) groups excluding carboxylic acids is 1. The van der Waals surface area contributed by atoms with E-state index in [1.807, 2.05) is 0 Å². The molecule has 1 heterocycles. The van der Waals surface area contributed by atoms with Gasteiger partial charge in [0.1, 0.15) is 6.04 Å². The molecular formula is C15H24N2O3. The van der Waals surface area contributed by atoms with Crippen LogP contribution >= 0.6 is 0 Å². The molecule has 0 aromatic carbocycles. The summed E-state index contributed by atoms with van der Waals surface area (Å²) in [6.45, 7) is 1.57. The maximum Gasteiger partial charge on any atom is 0.320 e. The molecular weight excluding hydrogens is 256 g/mol. The summed E-state index contributed by atoms with van der Waals surface area (Å²) in [5.41, 5.74) is 1.45. The van der Waals surface area contributed by atoms with E-state index in [4.69, 9.17) is 5.11 Å². The minimum absolute atomic E-state index is 0.0606. The zero-order valence-electron chi connectivity index (χ0n) is 11.9. The van der Waals surface area contributed by atoms with Gasteiger partial charge in [-0.05, 0) is 51.5 Å². The molecule has 0 bridgehead atoms. The number of carboxylic acids is 1. The van der Waals surface area contributed by atoms with Gasteiger partial charge in [0, 0.05) is 6.54 Å². The monoisotopic (exact) mass is 280 g/mol. The molecule has 1 aliphatic carbocycles. The van der Waals surface area contributed by atoms with Crippen LogP contribution in [0.5, 0.6) is 0 Å². The molecule has 1 amide bonds. The van der Waals surface area contributed by atoms with Crippen molar-refractivity contribution in [3.8, 4) is 0 Å². The maximum absolute atomic E-state index is 11.8. The first-order valence-electron chi connectivity index (χ1n) is 7.58. The lowest BCUT2D eigenvalue weighted by atomic mass is 9.97. The lowest BCUT2D eigenvalue weighted by Gasteiger charge is -2.20. The van der Waals surface area contributed by atoms with Gasteiger partial charge >= 0.3 is 5.97 Å². The molecule has 0 aromatic rings. The molecule has 1 aliphatic heterocycles.